The molecule has 1 aliphatic carbocycles. The van der Waals surface area contributed by atoms with Gasteiger partial charge in [-0.3, -0.25) is 0 Å². The first kappa shape index (κ1) is 11.2. The number of hydrogen-bond acceptors (Lipinski definition) is 2. The molecule has 3 atom stereocenters. The van der Waals surface area contributed by atoms with Crippen LogP contribution in [0.4, 0.5) is 0 Å². The van der Waals surface area contributed by atoms with Crippen LogP contribution in [0.15, 0.2) is 36.8 Å². The van der Waals surface area contributed by atoms with Crippen molar-refractivity contribution < 1.29 is 4.74 Å². The van der Waals surface area contributed by atoms with Crippen molar-refractivity contribution in [3.63, 3.8) is 0 Å². The van der Waals surface area contributed by atoms with Crippen LogP contribution in [-0.2, 0) is 4.74 Å². The highest BCUT2D eigenvalue weighted by molar-refractivity contribution is 5.41. The van der Waals surface area contributed by atoms with Gasteiger partial charge in [-0.25, -0.2) is 4.98 Å². The largest absolute Gasteiger partial charge is 0.364 e. The Bertz CT molecular complexity index is 644. The van der Waals surface area contributed by atoms with Gasteiger partial charge in [0.2, 0.25) is 0 Å². The highest BCUT2D eigenvalue weighted by atomic mass is 16.6. The molecular weight excluding hydrogens is 236 g/mol. The van der Waals surface area contributed by atoms with E-state index in [1.54, 1.807) is 0 Å². The third kappa shape index (κ3) is 1.39. The van der Waals surface area contributed by atoms with Gasteiger partial charge < -0.3 is 9.30 Å². The topological polar surface area (TPSA) is 30.4 Å². The Morgan fingerprint density at radius 2 is 1.95 bits per heavy atom. The average Bonchev–Trinajstić information content (AvgIpc) is 3.10. The zero-order valence-corrected chi connectivity index (χ0v) is 11.5. The summed E-state index contributed by atoms with van der Waals surface area (Å²) < 4.78 is 8.24. The second kappa shape index (κ2) is 3.48. The molecule has 1 aliphatic heterocycles. The maximum atomic E-state index is 5.95. The first-order valence-corrected chi connectivity index (χ1v) is 6.83. The molecule has 1 aromatic carbocycles. The highest BCUT2D eigenvalue weighted by Crippen LogP contribution is 2.60. The molecule has 1 aromatic heterocycles. The maximum Gasteiger partial charge on any atom is 0.110 e. The molecule has 3 nitrogen and oxygen atoms in total. The van der Waals surface area contributed by atoms with Gasteiger partial charge in [0.1, 0.15) is 6.10 Å². The lowest BCUT2D eigenvalue weighted by atomic mass is 9.70. The van der Waals surface area contributed by atoms with Crippen LogP contribution >= 0.6 is 0 Å². The lowest BCUT2D eigenvalue weighted by Gasteiger charge is -2.39. The van der Waals surface area contributed by atoms with Crippen LogP contribution in [0.3, 0.4) is 0 Å². The number of fused-ring (bicyclic) bond motifs is 3. The summed E-state index contributed by atoms with van der Waals surface area (Å²) in [6, 6.07) is 8.97. The SMILES string of the molecule is Cc1cncn1C1c2ccccc2C2OC2C1(C)C. The molecule has 2 heterocycles. The van der Waals surface area contributed by atoms with Crippen LogP contribution in [0, 0.1) is 12.3 Å². The number of rotatable bonds is 1. The van der Waals surface area contributed by atoms with Gasteiger partial charge in [-0.15, -0.1) is 0 Å². The van der Waals surface area contributed by atoms with Crippen molar-refractivity contribution in [3.05, 3.63) is 53.6 Å². The van der Waals surface area contributed by atoms with Crippen molar-refractivity contribution in [2.24, 2.45) is 5.41 Å². The molecule has 0 radical (unpaired) electrons. The molecule has 3 heteroatoms. The Morgan fingerprint density at radius 1 is 1.21 bits per heavy atom. The van der Waals surface area contributed by atoms with Gasteiger partial charge in [0.25, 0.3) is 0 Å². The maximum absolute atomic E-state index is 5.95. The van der Waals surface area contributed by atoms with E-state index in [1.165, 1.54) is 16.8 Å². The van der Waals surface area contributed by atoms with E-state index in [0.717, 1.165) is 0 Å². The molecule has 3 unspecified atom stereocenters. The zero-order valence-electron chi connectivity index (χ0n) is 11.5. The van der Waals surface area contributed by atoms with Crippen molar-refractivity contribution in [2.45, 2.75) is 39.0 Å². The molecule has 2 aliphatic rings. The van der Waals surface area contributed by atoms with Crippen LogP contribution in [0.1, 0.15) is 42.8 Å². The van der Waals surface area contributed by atoms with Crippen molar-refractivity contribution in [3.8, 4) is 0 Å². The number of benzene rings is 1. The van der Waals surface area contributed by atoms with Crippen molar-refractivity contribution in [2.75, 3.05) is 0 Å². The molecule has 0 saturated carbocycles. The molecule has 19 heavy (non-hydrogen) atoms. The number of aryl methyl sites for hydroxylation is 1. The monoisotopic (exact) mass is 254 g/mol. The summed E-state index contributed by atoms with van der Waals surface area (Å²) in [4.78, 5) is 4.30. The summed E-state index contributed by atoms with van der Waals surface area (Å²) in [7, 11) is 0. The quantitative estimate of drug-likeness (QED) is 0.731. The van der Waals surface area contributed by atoms with E-state index in [-0.39, 0.29) is 5.41 Å². The van der Waals surface area contributed by atoms with Gasteiger partial charge in [0, 0.05) is 17.3 Å². The van der Waals surface area contributed by atoms with Crippen LogP contribution < -0.4 is 0 Å². The van der Waals surface area contributed by atoms with E-state index in [1.807, 2.05) is 12.5 Å². The fraction of sp³-hybridized carbons (Fsp3) is 0.438. The Labute approximate surface area is 113 Å². The molecule has 0 amide bonds. The third-order valence-corrected chi connectivity index (χ3v) is 4.66. The highest BCUT2D eigenvalue weighted by Gasteiger charge is 2.59. The van der Waals surface area contributed by atoms with Gasteiger partial charge in [-0.05, 0) is 18.1 Å². The summed E-state index contributed by atoms with van der Waals surface area (Å²) in [5.74, 6) is 0. The van der Waals surface area contributed by atoms with E-state index >= 15 is 0 Å². The second-order valence-corrected chi connectivity index (χ2v) is 6.27. The predicted molar refractivity (Wildman–Crippen MR) is 72.9 cm³/mol. The summed E-state index contributed by atoms with van der Waals surface area (Å²) in [5.41, 5.74) is 4.02. The minimum Gasteiger partial charge on any atom is -0.364 e. The minimum atomic E-state index is 0.0878. The lowest BCUT2D eigenvalue weighted by Crippen LogP contribution is -2.36. The lowest BCUT2D eigenvalue weighted by molar-refractivity contribution is 0.178. The van der Waals surface area contributed by atoms with E-state index in [4.69, 9.17) is 4.74 Å². The molecular formula is C16H18N2O. The summed E-state index contributed by atoms with van der Waals surface area (Å²) in [5, 5.41) is 0. The average molecular weight is 254 g/mol. The van der Waals surface area contributed by atoms with E-state index in [2.05, 4.69) is 54.6 Å². The van der Waals surface area contributed by atoms with E-state index in [9.17, 15) is 0 Å². The second-order valence-electron chi connectivity index (χ2n) is 6.27. The van der Waals surface area contributed by atoms with E-state index in [0.29, 0.717) is 18.2 Å². The summed E-state index contributed by atoms with van der Waals surface area (Å²) in [6.45, 7) is 6.72. The number of hydrogen-bond donors (Lipinski definition) is 0. The molecule has 1 saturated heterocycles. The number of aromatic nitrogens is 2. The Kier molecular flexibility index (Phi) is 2.06. The molecule has 0 N–H and O–H groups in total. The standard InChI is InChI=1S/C16H18N2O/c1-10-8-17-9-18(10)14-12-7-5-4-6-11(12)13-15(19-13)16(14,2)3/h4-9,13-15H,1-3H3. The molecule has 4 rings (SSSR count). The van der Waals surface area contributed by atoms with Crippen molar-refractivity contribution in [1.29, 1.82) is 0 Å². The van der Waals surface area contributed by atoms with Crippen molar-refractivity contribution in [1.82, 2.24) is 9.55 Å². The predicted octanol–water partition coefficient (Wildman–Crippen LogP) is 3.26. The van der Waals surface area contributed by atoms with E-state index < -0.39 is 0 Å². The fourth-order valence-corrected chi connectivity index (χ4v) is 3.64. The first-order chi connectivity index (χ1) is 9.10. The van der Waals surface area contributed by atoms with Crippen LogP contribution in [0.25, 0.3) is 0 Å². The summed E-state index contributed by atoms with van der Waals surface area (Å²) >= 11 is 0. The smallest absolute Gasteiger partial charge is 0.110 e. The number of ether oxygens (including phenoxy) is 1. The van der Waals surface area contributed by atoms with Crippen LogP contribution in [0.5, 0.6) is 0 Å². The molecule has 0 spiro atoms. The van der Waals surface area contributed by atoms with Gasteiger partial charge in [0.05, 0.1) is 18.5 Å². The van der Waals surface area contributed by atoms with Gasteiger partial charge in [-0.2, -0.15) is 0 Å². The fourth-order valence-electron chi connectivity index (χ4n) is 3.64. The zero-order chi connectivity index (χ0) is 13.2. The van der Waals surface area contributed by atoms with Crippen LogP contribution in [0.2, 0.25) is 0 Å². The van der Waals surface area contributed by atoms with Gasteiger partial charge in [-0.1, -0.05) is 38.1 Å². The van der Waals surface area contributed by atoms with Gasteiger partial charge in [0.15, 0.2) is 0 Å². The molecule has 1 fully saturated rings. The Hall–Kier alpha value is -1.61. The van der Waals surface area contributed by atoms with Gasteiger partial charge >= 0.3 is 0 Å². The summed E-state index contributed by atoms with van der Waals surface area (Å²) in [6.07, 6.45) is 4.50. The minimum absolute atomic E-state index is 0.0878. The first-order valence-electron chi connectivity index (χ1n) is 6.83. The Morgan fingerprint density at radius 3 is 2.63 bits per heavy atom. The molecule has 98 valence electrons. The molecule has 0 bridgehead atoms. The number of epoxide rings is 1. The third-order valence-electron chi connectivity index (χ3n) is 4.66. The number of nitrogens with zero attached hydrogens (tertiary/aromatic N) is 2. The van der Waals surface area contributed by atoms with Crippen LogP contribution in [-0.4, -0.2) is 15.7 Å². The normalized spacial score (nSPS) is 30.6. The number of imidazole rings is 1. The van der Waals surface area contributed by atoms with Crippen molar-refractivity contribution >= 4 is 0 Å². The molecule has 2 aromatic rings. The Balaban J connectivity index is 1.96.